The van der Waals surface area contributed by atoms with Gasteiger partial charge >= 0.3 is 0 Å². The first-order chi connectivity index (χ1) is 16.5. The van der Waals surface area contributed by atoms with E-state index in [9.17, 15) is 10.1 Å². The SMILES string of the molecule is COc1cc(/C=N\OCc2cccc([N+](=O)[O-])c2)cc(Cl)c1OCc1ccc2ccccc2c1. The summed E-state index contributed by atoms with van der Waals surface area (Å²) in [6, 6.07) is 23.9. The molecule has 0 aromatic heterocycles. The number of benzene rings is 4. The van der Waals surface area contributed by atoms with Crippen LogP contribution >= 0.6 is 11.6 Å². The van der Waals surface area contributed by atoms with Gasteiger partial charge in [0, 0.05) is 17.7 Å². The van der Waals surface area contributed by atoms with Crippen molar-refractivity contribution in [2.45, 2.75) is 13.2 Å². The molecule has 8 heteroatoms. The monoisotopic (exact) mass is 476 g/mol. The summed E-state index contributed by atoms with van der Waals surface area (Å²) in [5.41, 5.74) is 2.30. The molecule has 0 saturated heterocycles. The van der Waals surface area contributed by atoms with Gasteiger partial charge in [0.1, 0.15) is 13.2 Å². The second-order valence-electron chi connectivity index (χ2n) is 7.44. The van der Waals surface area contributed by atoms with Gasteiger partial charge in [-0.3, -0.25) is 10.1 Å². The van der Waals surface area contributed by atoms with E-state index in [2.05, 4.69) is 29.4 Å². The van der Waals surface area contributed by atoms with Gasteiger partial charge in [0.05, 0.1) is 23.3 Å². The fourth-order valence-corrected chi connectivity index (χ4v) is 3.68. The Kier molecular flexibility index (Phi) is 7.25. The number of non-ortho nitro benzene ring substituents is 1. The lowest BCUT2D eigenvalue weighted by Crippen LogP contribution is -1.99. The fraction of sp³-hybridized carbons (Fsp3) is 0.115. The Hall–Kier alpha value is -4.10. The summed E-state index contributed by atoms with van der Waals surface area (Å²) in [5.74, 6) is 0.903. The van der Waals surface area contributed by atoms with Gasteiger partial charge in [-0.05, 0) is 40.1 Å². The molecule has 0 N–H and O–H groups in total. The molecule has 0 bridgehead atoms. The Balaban J connectivity index is 1.41. The van der Waals surface area contributed by atoms with Crippen LogP contribution < -0.4 is 9.47 Å². The van der Waals surface area contributed by atoms with Crippen LogP contribution in [0.3, 0.4) is 0 Å². The molecule has 0 atom stereocenters. The molecule has 0 aliphatic heterocycles. The number of rotatable bonds is 9. The smallest absolute Gasteiger partial charge is 0.269 e. The van der Waals surface area contributed by atoms with E-state index in [-0.39, 0.29) is 12.3 Å². The van der Waals surface area contributed by atoms with E-state index in [0.717, 1.165) is 10.9 Å². The highest BCUT2D eigenvalue weighted by molar-refractivity contribution is 6.32. The van der Waals surface area contributed by atoms with E-state index in [4.69, 9.17) is 25.9 Å². The highest BCUT2D eigenvalue weighted by atomic mass is 35.5. The summed E-state index contributed by atoms with van der Waals surface area (Å²) in [6.07, 6.45) is 1.48. The Labute approximate surface area is 201 Å². The average Bonchev–Trinajstić information content (AvgIpc) is 2.85. The molecule has 0 unspecified atom stereocenters. The third-order valence-corrected chi connectivity index (χ3v) is 5.36. The number of ether oxygens (including phenoxy) is 2. The van der Waals surface area contributed by atoms with Crippen molar-refractivity contribution in [3.05, 3.63) is 111 Å². The van der Waals surface area contributed by atoms with Crippen LogP contribution in [0.5, 0.6) is 11.5 Å². The summed E-state index contributed by atoms with van der Waals surface area (Å²) < 4.78 is 11.4. The number of methoxy groups -OCH3 is 1. The highest BCUT2D eigenvalue weighted by Gasteiger charge is 2.12. The van der Waals surface area contributed by atoms with Gasteiger partial charge < -0.3 is 14.3 Å². The van der Waals surface area contributed by atoms with Crippen molar-refractivity contribution < 1.29 is 19.2 Å². The van der Waals surface area contributed by atoms with Crippen LogP contribution in [0.4, 0.5) is 5.69 Å². The first kappa shape index (κ1) is 23.1. The van der Waals surface area contributed by atoms with E-state index < -0.39 is 4.92 Å². The van der Waals surface area contributed by atoms with Crippen LogP contribution in [0.25, 0.3) is 10.8 Å². The van der Waals surface area contributed by atoms with Crippen LogP contribution in [0, 0.1) is 10.1 Å². The summed E-state index contributed by atoms with van der Waals surface area (Å²) >= 11 is 6.46. The molecule has 4 aromatic rings. The van der Waals surface area contributed by atoms with Crippen molar-refractivity contribution >= 4 is 34.3 Å². The second kappa shape index (κ2) is 10.7. The maximum absolute atomic E-state index is 10.9. The Morgan fingerprint density at radius 3 is 2.53 bits per heavy atom. The fourth-order valence-electron chi connectivity index (χ4n) is 3.41. The molecule has 4 rings (SSSR count). The van der Waals surface area contributed by atoms with E-state index >= 15 is 0 Å². The zero-order valence-corrected chi connectivity index (χ0v) is 19.1. The maximum Gasteiger partial charge on any atom is 0.269 e. The van der Waals surface area contributed by atoms with Crippen LogP contribution in [0.1, 0.15) is 16.7 Å². The first-order valence-corrected chi connectivity index (χ1v) is 10.8. The van der Waals surface area contributed by atoms with Crippen molar-refractivity contribution in [2.75, 3.05) is 7.11 Å². The number of oxime groups is 1. The third-order valence-electron chi connectivity index (χ3n) is 5.08. The molecule has 34 heavy (non-hydrogen) atoms. The van der Waals surface area contributed by atoms with E-state index in [0.29, 0.717) is 34.3 Å². The summed E-state index contributed by atoms with van der Waals surface area (Å²) in [6.45, 7) is 0.427. The Morgan fingerprint density at radius 1 is 0.941 bits per heavy atom. The van der Waals surface area contributed by atoms with E-state index in [1.807, 2.05) is 18.2 Å². The molecule has 0 aliphatic rings. The molecule has 0 saturated carbocycles. The molecule has 7 nitrogen and oxygen atoms in total. The van der Waals surface area contributed by atoms with Crippen molar-refractivity contribution in [3.63, 3.8) is 0 Å². The predicted molar refractivity (Wildman–Crippen MR) is 132 cm³/mol. The number of nitrogens with zero attached hydrogens (tertiary/aromatic N) is 2. The maximum atomic E-state index is 10.9. The molecule has 0 fully saturated rings. The summed E-state index contributed by atoms with van der Waals surface area (Å²) in [7, 11) is 1.54. The van der Waals surface area contributed by atoms with Gasteiger partial charge in [0.2, 0.25) is 0 Å². The van der Waals surface area contributed by atoms with E-state index in [1.54, 1.807) is 24.3 Å². The lowest BCUT2D eigenvalue weighted by atomic mass is 10.1. The molecule has 0 spiro atoms. The molecule has 0 heterocycles. The van der Waals surface area contributed by atoms with Crippen LogP contribution in [-0.2, 0) is 18.1 Å². The van der Waals surface area contributed by atoms with Crippen molar-refractivity contribution in [1.82, 2.24) is 0 Å². The number of hydrogen-bond donors (Lipinski definition) is 0. The van der Waals surface area contributed by atoms with Crippen LogP contribution in [0.2, 0.25) is 5.02 Å². The van der Waals surface area contributed by atoms with Gasteiger partial charge in [-0.15, -0.1) is 0 Å². The zero-order chi connectivity index (χ0) is 23.9. The predicted octanol–water partition coefficient (Wildman–Crippen LogP) is 6.54. The number of nitro benzene ring substituents is 1. The lowest BCUT2D eigenvalue weighted by molar-refractivity contribution is -0.384. The molecule has 172 valence electrons. The quantitative estimate of drug-likeness (QED) is 0.155. The van der Waals surface area contributed by atoms with Crippen molar-refractivity contribution in [2.24, 2.45) is 5.16 Å². The second-order valence-corrected chi connectivity index (χ2v) is 7.85. The number of nitro groups is 1. The average molecular weight is 477 g/mol. The number of halogens is 1. The highest BCUT2D eigenvalue weighted by Crippen LogP contribution is 2.36. The van der Waals surface area contributed by atoms with Crippen molar-refractivity contribution in [3.8, 4) is 11.5 Å². The first-order valence-electron chi connectivity index (χ1n) is 10.4. The van der Waals surface area contributed by atoms with Crippen LogP contribution in [0.15, 0.2) is 84.0 Å². The van der Waals surface area contributed by atoms with Gasteiger partial charge in [-0.2, -0.15) is 0 Å². The summed E-state index contributed by atoms with van der Waals surface area (Å²) in [5, 5.41) is 17.5. The van der Waals surface area contributed by atoms with Gasteiger partial charge in [0.15, 0.2) is 11.5 Å². The minimum absolute atomic E-state index is 0.000811. The molecule has 0 amide bonds. The summed E-state index contributed by atoms with van der Waals surface area (Å²) in [4.78, 5) is 15.7. The van der Waals surface area contributed by atoms with Crippen LogP contribution in [-0.4, -0.2) is 18.2 Å². The third kappa shape index (κ3) is 5.63. The molecule has 4 aromatic carbocycles. The largest absolute Gasteiger partial charge is 0.493 e. The Bertz CT molecular complexity index is 1360. The Morgan fingerprint density at radius 2 is 1.74 bits per heavy atom. The molecular formula is C26H21ClN2O5. The van der Waals surface area contributed by atoms with E-state index in [1.165, 1.54) is 30.8 Å². The topological polar surface area (TPSA) is 83.2 Å². The number of fused-ring (bicyclic) bond motifs is 1. The molecular weight excluding hydrogens is 456 g/mol. The molecule has 0 aliphatic carbocycles. The normalized spacial score (nSPS) is 11.0. The van der Waals surface area contributed by atoms with Gasteiger partial charge in [0.25, 0.3) is 5.69 Å². The van der Waals surface area contributed by atoms with Gasteiger partial charge in [-0.1, -0.05) is 65.3 Å². The zero-order valence-electron chi connectivity index (χ0n) is 18.3. The lowest BCUT2D eigenvalue weighted by Gasteiger charge is -2.13. The standard InChI is InChI=1S/C26H21ClN2O5/c1-32-25-14-20(15-28-34-17-18-5-4-8-23(12-18)29(30)31)13-24(27)26(25)33-16-19-9-10-21-6-2-3-7-22(21)11-19/h2-15H,16-17H2,1H3/b28-15-. The van der Waals surface area contributed by atoms with Crippen molar-refractivity contribution in [1.29, 1.82) is 0 Å². The number of hydrogen-bond acceptors (Lipinski definition) is 6. The molecule has 0 radical (unpaired) electrons. The minimum Gasteiger partial charge on any atom is -0.493 e. The minimum atomic E-state index is -0.454. The van der Waals surface area contributed by atoms with Gasteiger partial charge in [-0.25, -0.2) is 0 Å².